The second-order valence-corrected chi connectivity index (χ2v) is 7.61. The summed E-state index contributed by atoms with van der Waals surface area (Å²) in [6.07, 6.45) is 2.17. The number of amides is 3. The number of rotatable bonds is 6. The molecular weight excluding hydrogens is 374 g/mol. The Morgan fingerprint density at radius 3 is 2.32 bits per heavy atom. The van der Waals surface area contributed by atoms with Crippen LogP contribution in [0.5, 0.6) is 0 Å². The highest BCUT2D eigenvalue weighted by molar-refractivity contribution is 8.00. The number of benzene rings is 2. The predicted molar refractivity (Wildman–Crippen MR) is 106 cm³/mol. The predicted octanol–water partition coefficient (Wildman–Crippen LogP) is 3.17. The maximum Gasteiger partial charge on any atom is 0.318 e. The third-order valence-corrected chi connectivity index (χ3v) is 5.47. The first-order valence-corrected chi connectivity index (χ1v) is 9.84. The molecule has 8 heteroatoms. The van der Waals surface area contributed by atoms with Gasteiger partial charge in [-0.05, 0) is 30.5 Å². The summed E-state index contributed by atoms with van der Waals surface area (Å²) < 4.78 is 1.84. The minimum atomic E-state index is -0.882. The summed E-state index contributed by atoms with van der Waals surface area (Å²) in [6.45, 7) is 0. The van der Waals surface area contributed by atoms with E-state index in [0.29, 0.717) is 11.1 Å². The molecule has 1 saturated carbocycles. The first kappa shape index (κ1) is 18.2. The van der Waals surface area contributed by atoms with E-state index in [9.17, 15) is 9.59 Å². The summed E-state index contributed by atoms with van der Waals surface area (Å²) in [4.78, 5) is 28.4. The minimum Gasteiger partial charge on any atom is -0.351 e. The number of nitrogens with one attached hydrogen (secondary N) is 1. The number of carbonyl (C=O) groups excluding carboxylic acids is 2. The van der Waals surface area contributed by atoms with Gasteiger partial charge < -0.3 is 5.73 Å². The quantitative estimate of drug-likeness (QED) is 0.626. The summed E-state index contributed by atoms with van der Waals surface area (Å²) >= 11 is 1.20. The van der Waals surface area contributed by atoms with Gasteiger partial charge in [0.25, 0.3) is 0 Å². The Kier molecular flexibility index (Phi) is 5.12. The van der Waals surface area contributed by atoms with E-state index in [1.165, 1.54) is 11.8 Å². The third kappa shape index (κ3) is 4.07. The summed E-state index contributed by atoms with van der Waals surface area (Å²) in [7, 11) is 0. The standard InChI is InChI=1S/C20H19N5O2S/c21-19(27)23-18(26)16(13-7-3-1-4-8-13)28-20-22-17(14-11-12-14)25(24-20)15-9-5-2-6-10-15/h1-10,14,16H,11-12H2,(H3,21,23,26,27)/t16-/m1/s1. The SMILES string of the molecule is NC(=O)NC(=O)[C@H](Sc1nc(C2CC2)n(-c2ccccc2)n1)c1ccccc1. The van der Waals surface area contributed by atoms with E-state index in [-0.39, 0.29) is 0 Å². The van der Waals surface area contributed by atoms with Crippen molar-refractivity contribution < 1.29 is 9.59 Å². The molecule has 0 aliphatic heterocycles. The van der Waals surface area contributed by atoms with Gasteiger partial charge in [-0.25, -0.2) is 14.5 Å². The van der Waals surface area contributed by atoms with Crippen molar-refractivity contribution >= 4 is 23.7 Å². The van der Waals surface area contributed by atoms with E-state index in [1.54, 1.807) is 0 Å². The molecule has 1 fully saturated rings. The molecule has 142 valence electrons. The van der Waals surface area contributed by atoms with Crippen LogP contribution >= 0.6 is 11.8 Å². The van der Waals surface area contributed by atoms with Crippen LogP contribution in [0.1, 0.15) is 35.4 Å². The monoisotopic (exact) mass is 393 g/mol. The van der Waals surface area contributed by atoms with E-state index in [2.05, 4.69) is 10.4 Å². The second kappa shape index (κ2) is 7.85. The summed E-state index contributed by atoms with van der Waals surface area (Å²) in [5, 5.41) is 6.61. The molecule has 1 aromatic heterocycles. The third-order valence-electron chi connectivity index (χ3n) is 4.37. The van der Waals surface area contributed by atoms with Crippen LogP contribution in [-0.4, -0.2) is 26.7 Å². The first-order valence-electron chi connectivity index (χ1n) is 8.96. The zero-order chi connectivity index (χ0) is 19.5. The van der Waals surface area contributed by atoms with Gasteiger partial charge in [0.05, 0.1) is 5.69 Å². The number of hydrogen-bond acceptors (Lipinski definition) is 5. The number of urea groups is 1. The van der Waals surface area contributed by atoms with Gasteiger partial charge in [0, 0.05) is 5.92 Å². The lowest BCUT2D eigenvalue weighted by Crippen LogP contribution is -2.37. The molecule has 3 amide bonds. The molecule has 4 rings (SSSR count). The van der Waals surface area contributed by atoms with Crippen LogP contribution in [0, 0.1) is 0 Å². The Balaban J connectivity index is 1.67. The number of hydrogen-bond donors (Lipinski definition) is 2. The van der Waals surface area contributed by atoms with Crippen molar-refractivity contribution in [3.63, 3.8) is 0 Å². The maximum atomic E-state index is 12.6. The Hall–Kier alpha value is -3.13. The Labute approximate surface area is 166 Å². The largest absolute Gasteiger partial charge is 0.351 e. The fourth-order valence-corrected chi connectivity index (χ4v) is 3.86. The summed E-state index contributed by atoms with van der Waals surface area (Å²) in [5.41, 5.74) is 6.82. The fourth-order valence-electron chi connectivity index (χ4n) is 2.91. The first-order chi connectivity index (χ1) is 13.6. The van der Waals surface area contributed by atoms with E-state index < -0.39 is 17.2 Å². The normalized spacial score (nSPS) is 14.4. The molecular formula is C20H19N5O2S. The summed E-state index contributed by atoms with van der Waals surface area (Å²) in [6, 6.07) is 18.1. The fraction of sp³-hybridized carbons (Fsp3) is 0.200. The molecule has 3 N–H and O–H groups in total. The Bertz CT molecular complexity index is 986. The highest BCUT2D eigenvalue weighted by atomic mass is 32.2. The van der Waals surface area contributed by atoms with Gasteiger partial charge in [0.1, 0.15) is 11.1 Å². The maximum absolute atomic E-state index is 12.6. The molecule has 7 nitrogen and oxygen atoms in total. The van der Waals surface area contributed by atoms with Gasteiger partial charge in [0.15, 0.2) is 0 Å². The van der Waals surface area contributed by atoms with Gasteiger partial charge >= 0.3 is 6.03 Å². The van der Waals surface area contributed by atoms with Crippen molar-refractivity contribution in [3.05, 3.63) is 72.1 Å². The lowest BCUT2D eigenvalue weighted by Gasteiger charge is -2.13. The number of nitrogens with zero attached hydrogens (tertiary/aromatic N) is 3. The Morgan fingerprint density at radius 2 is 1.71 bits per heavy atom. The average molecular weight is 393 g/mol. The van der Waals surface area contributed by atoms with Crippen molar-refractivity contribution in [2.24, 2.45) is 5.73 Å². The van der Waals surface area contributed by atoms with Crippen LogP contribution in [0.3, 0.4) is 0 Å². The molecule has 0 spiro atoms. The topological polar surface area (TPSA) is 103 Å². The van der Waals surface area contributed by atoms with E-state index in [1.807, 2.05) is 65.3 Å². The van der Waals surface area contributed by atoms with Crippen molar-refractivity contribution in [3.8, 4) is 5.69 Å². The molecule has 0 unspecified atom stereocenters. The van der Waals surface area contributed by atoms with Gasteiger partial charge in [-0.2, -0.15) is 0 Å². The molecule has 0 bridgehead atoms. The van der Waals surface area contributed by atoms with Crippen molar-refractivity contribution in [2.75, 3.05) is 0 Å². The molecule has 3 aromatic rings. The lowest BCUT2D eigenvalue weighted by atomic mass is 10.1. The van der Waals surface area contributed by atoms with Crippen LogP contribution in [0.15, 0.2) is 65.8 Å². The van der Waals surface area contributed by atoms with Crippen LogP contribution in [0.4, 0.5) is 4.79 Å². The minimum absolute atomic E-state index is 0.386. The lowest BCUT2D eigenvalue weighted by molar-refractivity contribution is -0.119. The Morgan fingerprint density at radius 1 is 1.07 bits per heavy atom. The highest BCUT2D eigenvalue weighted by Gasteiger charge is 2.32. The molecule has 1 aliphatic carbocycles. The van der Waals surface area contributed by atoms with Crippen LogP contribution in [0.25, 0.3) is 5.69 Å². The molecule has 0 saturated heterocycles. The molecule has 2 aromatic carbocycles. The molecule has 0 radical (unpaired) electrons. The van der Waals surface area contributed by atoms with Gasteiger partial charge in [0.2, 0.25) is 11.1 Å². The number of primary amides is 1. The zero-order valence-corrected chi connectivity index (χ0v) is 15.8. The number of carbonyl (C=O) groups is 2. The van der Waals surface area contributed by atoms with E-state index in [0.717, 1.165) is 29.9 Å². The van der Waals surface area contributed by atoms with Gasteiger partial charge in [-0.3, -0.25) is 10.1 Å². The van der Waals surface area contributed by atoms with E-state index in [4.69, 9.17) is 10.7 Å². The number of imide groups is 1. The number of para-hydroxylation sites is 1. The van der Waals surface area contributed by atoms with Gasteiger partial charge in [-0.1, -0.05) is 60.3 Å². The summed E-state index contributed by atoms with van der Waals surface area (Å²) in [5.74, 6) is 0.792. The van der Waals surface area contributed by atoms with Crippen LogP contribution in [-0.2, 0) is 4.79 Å². The number of aromatic nitrogens is 3. The van der Waals surface area contributed by atoms with Crippen molar-refractivity contribution in [2.45, 2.75) is 29.2 Å². The molecule has 28 heavy (non-hydrogen) atoms. The van der Waals surface area contributed by atoms with Crippen LogP contribution in [0.2, 0.25) is 0 Å². The zero-order valence-electron chi connectivity index (χ0n) is 15.0. The molecule has 1 aliphatic rings. The molecule has 1 atom stereocenters. The second-order valence-electron chi connectivity index (χ2n) is 6.54. The van der Waals surface area contributed by atoms with Crippen molar-refractivity contribution in [1.29, 1.82) is 0 Å². The van der Waals surface area contributed by atoms with Crippen LogP contribution < -0.4 is 11.1 Å². The highest BCUT2D eigenvalue weighted by Crippen LogP contribution is 2.42. The average Bonchev–Trinajstić information content (AvgIpc) is 3.46. The number of nitrogens with two attached hydrogens (primary N) is 1. The van der Waals surface area contributed by atoms with E-state index >= 15 is 0 Å². The smallest absolute Gasteiger partial charge is 0.318 e. The number of thioether (sulfide) groups is 1. The van der Waals surface area contributed by atoms with Crippen molar-refractivity contribution in [1.82, 2.24) is 20.1 Å². The molecule has 1 heterocycles. The van der Waals surface area contributed by atoms with Gasteiger partial charge in [-0.15, -0.1) is 5.10 Å².